The first-order chi connectivity index (χ1) is 7.77. The smallest absolute Gasteiger partial charge is 0.248 e. The standard InChI is InChI=1S/C10H8N4OS/c11-9(16)8-10(14-5-4-13-8)15-7-2-1-3-12-6-7/h1-6H,(H2,11,16). The number of rotatable bonds is 3. The molecule has 16 heavy (non-hydrogen) atoms. The fraction of sp³-hybridized carbons (Fsp3) is 0. The average Bonchev–Trinajstić information content (AvgIpc) is 2.31. The molecule has 0 amide bonds. The van der Waals surface area contributed by atoms with Crippen molar-refractivity contribution in [2.45, 2.75) is 0 Å². The highest BCUT2D eigenvalue weighted by Gasteiger charge is 2.09. The molecule has 0 fully saturated rings. The van der Waals surface area contributed by atoms with Crippen molar-refractivity contribution in [2.24, 2.45) is 5.73 Å². The van der Waals surface area contributed by atoms with Gasteiger partial charge in [-0.3, -0.25) is 4.98 Å². The first-order valence-electron chi connectivity index (χ1n) is 4.46. The van der Waals surface area contributed by atoms with Crippen LogP contribution in [-0.4, -0.2) is 19.9 Å². The number of aromatic nitrogens is 3. The minimum atomic E-state index is 0.145. The molecule has 6 heteroatoms. The predicted octanol–water partition coefficient (Wildman–Crippen LogP) is 1.30. The third kappa shape index (κ3) is 2.29. The van der Waals surface area contributed by atoms with Crippen LogP contribution in [0.15, 0.2) is 36.9 Å². The van der Waals surface area contributed by atoms with Gasteiger partial charge in [0.25, 0.3) is 0 Å². The fourth-order valence-corrected chi connectivity index (χ4v) is 1.23. The lowest BCUT2D eigenvalue weighted by Crippen LogP contribution is -2.13. The van der Waals surface area contributed by atoms with Crippen molar-refractivity contribution < 1.29 is 4.74 Å². The normalized spacial score (nSPS) is 9.75. The summed E-state index contributed by atoms with van der Waals surface area (Å²) in [6.45, 7) is 0. The molecular weight excluding hydrogens is 224 g/mol. The summed E-state index contributed by atoms with van der Waals surface area (Å²) in [7, 11) is 0. The van der Waals surface area contributed by atoms with Crippen LogP contribution in [0.25, 0.3) is 0 Å². The van der Waals surface area contributed by atoms with E-state index >= 15 is 0 Å². The van der Waals surface area contributed by atoms with Crippen LogP contribution in [0, 0.1) is 0 Å². The molecule has 2 rings (SSSR count). The zero-order valence-corrected chi connectivity index (χ0v) is 9.02. The van der Waals surface area contributed by atoms with Crippen molar-refractivity contribution in [2.75, 3.05) is 0 Å². The lowest BCUT2D eigenvalue weighted by Gasteiger charge is -2.06. The monoisotopic (exact) mass is 232 g/mol. The summed E-state index contributed by atoms with van der Waals surface area (Å²) in [6, 6.07) is 3.51. The van der Waals surface area contributed by atoms with Crippen molar-refractivity contribution in [3.8, 4) is 11.6 Å². The van der Waals surface area contributed by atoms with Crippen LogP contribution in [0.5, 0.6) is 11.6 Å². The summed E-state index contributed by atoms with van der Waals surface area (Å²) in [5.41, 5.74) is 5.86. The topological polar surface area (TPSA) is 73.9 Å². The summed E-state index contributed by atoms with van der Waals surface area (Å²) >= 11 is 4.85. The Balaban J connectivity index is 2.31. The first kappa shape index (κ1) is 10.4. The van der Waals surface area contributed by atoms with Gasteiger partial charge in [0.05, 0.1) is 6.20 Å². The summed E-state index contributed by atoms with van der Waals surface area (Å²) in [6.07, 6.45) is 6.23. The number of nitrogens with two attached hydrogens (primary N) is 1. The number of ether oxygens (including phenoxy) is 1. The molecule has 0 aromatic carbocycles. The van der Waals surface area contributed by atoms with Crippen LogP contribution in [-0.2, 0) is 0 Å². The quantitative estimate of drug-likeness (QED) is 0.804. The number of hydrogen-bond donors (Lipinski definition) is 1. The third-order valence-corrected chi connectivity index (χ3v) is 1.94. The van der Waals surface area contributed by atoms with E-state index in [1.807, 2.05) is 0 Å². The van der Waals surface area contributed by atoms with Crippen LogP contribution in [0.1, 0.15) is 5.69 Å². The van der Waals surface area contributed by atoms with Crippen LogP contribution >= 0.6 is 12.2 Å². The van der Waals surface area contributed by atoms with Crippen molar-refractivity contribution in [1.82, 2.24) is 15.0 Å². The molecule has 2 aromatic rings. The largest absolute Gasteiger partial charge is 0.435 e. The summed E-state index contributed by atoms with van der Waals surface area (Å²) in [5.74, 6) is 0.837. The Morgan fingerprint density at radius 2 is 2.06 bits per heavy atom. The first-order valence-corrected chi connectivity index (χ1v) is 4.87. The van der Waals surface area contributed by atoms with Crippen LogP contribution in [0.4, 0.5) is 0 Å². The molecule has 0 aliphatic heterocycles. The molecule has 80 valence electrons. The Morgan fingerprint density at radius 3 is 2.75 bits per heavy atom. The summed E-state index contributed by atoms with van der Waals surface area (Å²) in [4.78, 5) is 12.1. The van der Waals surface area contributed by atoms with E-state index in [9.17, 15) is 0 Å². The molecule has 0 aliphatic carbocycles. The highest BCUT2D eigenvalue weighted by molar-refractivity contribution is 7.80. The molecule has 0 atom stereocenters. The Kier molecular flexibility index (Phi) is 3.02. The number of hydrogen-bond acceptors (Lipinski definition) is 5. The highest BCUT2D eigenvalue weighted by atomic mass is 32.1. The Bertz CT molecular complexity index is 503. The van der Waals surface area contributed by atoms with E-state index < -0.39 is 0 Å². The lowest BCUT2D eigenvalue weighted by molar-refractivity contribution is 0.457. The Morgan fingerprint density at radius 1 is 1.25 bits per heavy atom. The Labute approximate surface area is 97.3 Å². The van der Waals surface area contributed by atoms with Gasteiger partial charge in [-0.05, 0) is 12.1 Å². The molecule has 0 unspecified atom stereocenters. The van der Waals surface area contributed by atoms with E-state index in [4.69, 9.17) is 22.7 Å². The second-order valence-electron chi connectivity index (χ2n) is 2.87. The average molecular weight is 232 g/mol. The van der Waals surface area contributed by atoms with Gasteiger partial charge in [-0.25, -0.2) is 9.97 Å². The van der Waals surface area contributed by atoms with Gasteiger partial charge in [0.15, 0.2) is 5.69 Å². The van der Waals surface area contributed by atoms with Gasteiger partial charge in [-0.1, -0.05) is 12.2 Å². The van der Waals surface area contributed by atoms with Crippen LogP contribution in [0.3, 0.4) is 0 Å². The zero-order valence-electron chi connectivity index (χ0n) is 8.20. The van der Waals surface area contributed by atoms with E-state index in [0.717, 1.165) is 0 Å². The second kappa shape index (κ2) is 4.63. The third-order valence-electron chi connectivity index (χ3n) is 1.75. The molecule has 0 bridgehead atoms. The number of pyridine rings is 1. The van der Waals surface area contributed by atoms with Crippen LogP contribution in [0.2, 0.25) is 0 Å². The van der Waals surface area contributed by atoms with E-state index in [0.29, 0.717) is 11.4 Å². The second-order valence-corrected chi connectivity index (χ2v) is 3.30. The molecule has 0 spiro atoms. The van der Waals surface area contributed by atoms with Crippen molar-refractivity contribution in [3.05, 3.63) is 42.6 Å². The van der Waals surface area contributed by atoms with Crippen molar-refractivity contribution in [3.63, 3.8) is 0 Å². The summed E-state index contributed by atoms with van der Waals surface area (Å²) < 4.78 is 5.47. The molecule has 5 nitrogen and oxygen atoms in total. The summed E-state index contributed by atoms with van der Waals surface area (Å²) in [5, 5.41) is 0. The maximum atomic E-state index is 5.50. The lowest BCUT2D eigenvalue weighted by atomic mass is 10.4. The Hall–Kier alpha value is -2.08. The minimum absolute atomic E-state index is 0.145. The highest BCUT2D eigenvalue weighted by Crippen LogP contribution is 2.19. The molecule has 0 aliphatic rings. The van der Waals surface area contributed by atoms with Gasteiger partial charge in [-0.15, -0.1) is 0 Å². The molecule has 2 heterocycles. The van der Waals surface area contributed by atoms with Crippen LogP contribution < -0.4 is 10.5 Å². The zero-order chi connectivity index (χ0) is 11.4. The molecule has 2 N–H and O–H groups in total. The molecule has 0 saturated heterocycles. The van der Waals surface area contributed by atoms with Gasteiger partial charge >= 0.3 is 0 Å². The van der Waals surface area contributed by atoms with E-state index in [-0.39, 0.29) is 10.9 Å². The van der Waals surface area contributed by atoms with E-state index in [1.54, 1.807) is 24.5 Å². The maximum Gasteiger partial charge on any atom is 0.248 e. The van der Waals surface area contributed by atoms with Gasteiger partial charge < -0.3 is 10.5 Å². The molecule has 0 radical (unpaired) electrons. The maximum absolute atomic E-state index is 5.50. The number of thiocarbonyl (C=S) groups is 1. The van der Waals surface area contributed by atoms with Gasteiger partial charge in [0, 0.05) is 18.6 Å². The van der Waals surface area contributed by atoms with Gasteiger partial charge in [0.1, 0.15) is 10.7 Å². The van der Waals surface area contributed by atoms with E-state index in [2.05, 4.69) is 15.0 Å². The van der Waals surface area contributed by atoms with E-state index in [1.165, 1.54) is 12.4 Å². The predicted molar refractivity (Wildman–Crippen MR) is 62.2 cm³/mol. The molecule has 2 aromatic heterocycles. The SMILES string of the molecule is NC(=S)c1nccnc1Oc1cccnc1. The number of nitrogens with zero attached hydrogens (tertiary/aromatic N) is 3. The van der Waals surface area contributed by atoms with Crippen molar-refractivity contribution >= 4 is 17.2 Å². The fourth-order valence-electron chi connectivity index (χ4n) is 1.09. The van der Waals surface area contributed by atoms with Gasteiger partial charge in [0.2, 0.25) is 5.88 Å². The van der Waals surface area contributed by atoms with Gasteiger partial charge in [-0.2, -0.15) is 0 Å². The minimum Gasteiger partial charge on any atom is -0.435 e. The molecular formula is C10H8N4OS. The van der Waals surface area contributed by atoms with Crippen molar-refractivity contribution in [1.29, 1.82) is 0 Å². The molecule has 0 saturated carbocycles.